The molecule has 2 aromatic carbocycles. The van der Waals surface area contributed by atoms with E-state index in [1.54, 1.807) is 0 Å². The lowest BCUT2D eigenvalue weighted by atomic mass is 9.82. The molecule has 152 valence electrons. The summed E-state index contributed by atoms with van der Waals surface area (Å²) >= 11 is 0. The molecule has 1 unspecified atom stereocenters. The molecule has 0 amide bonds. The highest BCUT2D eigenvalue weighted by atomic mass is 16.1. The standard InChI is InChI=1S/C24H28O.C2H6.H2O/c1-3-19(17-24(25)21-13-7-8-14-21)23-16-10-9-15-22(23)18(2)20-11-5-4-6-12-20;1-2;/h4-6,9-12,15-16,19,21H,2-3,7-8,13-14,17H2,1H3;1-2H3;1H2. The van der Waals surface area contributed by atoms with Gasteiger partial charge in [0.25, 0.3) is 0 Å². The van der Waals surface area contributed by atoms with Crippen molar-refractivity contribution in [2.24, 2.45) is 5.92 Å². The van der Waals surface area contributed by atoms with Gasteiger partial charge in [-0.05, 0) is 47.4 Å². The lowest BCUT2D eigenvalue weighted by Gasteiger charge is -2.21. The first-order chi connectivity index (χ1) is 13.2. The van der Waals surface area contributed by atoms with Crippen LogP contribution in [0, 0.1) is 5.92 Å². The zero-order chi connectivity index (χ0) is 19.6. The second-order valence-electron chi connectivity index (χ2n) is 7.19. The van der Waals surface area contributed by atoms with E-state index in [-0.39, 0.29) is 11.4 Å². The predicted molar refractivity (Wildman–Crippen MR) is 121 cm³/mol. The van der Waals surface area contributed by atoms with Crippen LogP contribution in [-0.4, -0.2) is 11.3 Å². The number of hydrogen-bond acceptors (Lipinski definition) is 1. The molecular weight excluding hydrogens is 344 g/mol. The Kier molecular flexibility index (Phi) is 10.5. The lowest BCUT2D eigenvalue weighted by molar-refractivity contribution is -0.123. The fraction of sp³-hybridized carbons (Fsp3) is 0.423. The Morgan fingerprint density at radius 1 is 1.00 bits per heavy atom. The minimum Gasteiger partial charge on any atom is -0.412 e. The van der Waals surface area contributed by atoms with Crippen LogP contribution in [0.5, 0.6) is 0 Å². The van der Waals surface area contributed by atoms with Gasteiger partial charge in [0.1, 0.15) is 5.78 Å². The van der Waals surface area contributed by atoms with Gasteiger partial charge in [0.15, 0.2) is 0 Å². The smallest absolute Gasteiger partial charge is 0.136 e. The summed E-state index contributed by atoms with van der Waals surface area (Å²) in [5, 5.41) is 0. The second kappa shape index (κ2) is 12.3. The van der Waals surface area contributed by atoms with Crippen LogP contribution in [0.1, 0.15) is 81.9 Å². The van der Waals surface area contributed by atoms with Gasteiger partial charge in [-0.15, -0.1) is 0 Å². The summed E-state index contributed by atoms with van der Waals surface area (Å²) in [6.45, 7) is 10.5. The van der Waals surface area contributed by atoms with Gasteiger partial charge in [-0.2, -0.15) is 0 Å². The van der Waals surface area contributed by atoms with E-state index in [2.05, 4.69) is 49.9 Å². The summed E-state index contributed by atoms with van der Waals surface area (Å²) in [5.74, 6) is 1.05. The second-order valence-corrected chi connectivity index (χ2v) is 7.19. The quantitative estimate of drug-likeness (QED) is 0.534. The zero-order valence-corrected chi connectivity index (χ0v) is 17.7. The molecule has 1 saturated carbocycles. The molecule has 1 aliphatic rings. The van der Waals surface area contributed by atoms with Gasteiger partial charge in [-0.1, -0.05) is 94.8 Å². The van der Waals surface area contributed by atoms with E-state index in [0.717, 1.165) is 30.4 Å². The molecule has 1 fully saturated rings. The van der Waals surface area contributed by atoms with Crippen molar-refractivity contribution >= 4 is 11.4 Å². The summed E-state index contributed by atoms with van der Waals surface area (Å²) in [7, 11) is 0. The number of Topliss-reactive ketones (excluding diaryl/α,β-unsaturated/α-hetero) is 1. The summed E-state index contributed by atoms with van der Waals surface area (Å²) in [6.07, 6.45) is 6.27. The normalized spacial score (nSPS) is 14.4. The van der Waals surface area contributed by atoms with Crippen molar-refractivity contribution in [1.29, 1.82) is 0 Å². The van der Waals surface area contributed by atoms with Crippen molar-refractivity contribution < 1.29 is 10.3 Å². The highest BCUT2D eigenvalue weighted by Crippen LogP contribution is 2.35. The molecular formula is C26H36O2. The van der Waals surface area contributed by atoms with Crippen LogP contribution in [0.3, 0.4) is 0 Å². The Morgan fingerprint density at radius 2 is 1.57 bits per heavy atom. The maximum atomic E-state index is 12.7. The minimum atomic E-state index is 0. The predicted octanol–water partition coefficient (Wildman–Crippen LogP) is 6.59. The number of hydrogen-bond donors (Lipinski definition) is 0. The molecule has 0 saturated heterocycles. The molecule has 0 bridgehead atoms. The van der Waals surface area contributed by atoms with Crippen LogP contribution >= 0.6 is 0 Å². The SMILES string of the molecule is C=C(c1ccccc1)c1ccccc1C(CC)CC(=O)C1CCCC1.CC.O. The first kappa shape index (κ1) is 23.8. The van der Waals surface area contributed by atoms with Crippen molar-refractivity contribution in [3.8, 4) is 0 Å². The van der Waals surface area contributed by atoms with Crippen LogP contribution < -0.4 is 0 Å². The molecule has 3 rings (SSSR count). The Morgan fingerprint density at radius 3 is 2.18 bits per heavy atom. The maximum absolute atomic E-state index is 12.7. The fourth-order valence-electron chi connectivity index (χ4n) is 4.05. The molecule has 0 aliphatic heterocycles. The van der Waals surface area contributed by atoms with Crippen LogP contribution in [-0.2, 0) is 4.79 Å². The maximum Gasteiger partial charge on any atom is 0.136 e. The van der Waals surface area contributed by atoms with Crippen molar-refractivity contribution in [1.82, 2.24) is 0 Å². The summed E-state index contributed by atoms with van der Waals surface area (Å²) in [5.41, 5.74) is 4.64. The minimum absolute atomic E-state index is 0. The third-order valence-electron chi connectivity index (χ3n) is 5.60. The van der Waals surface area contributed by atoms with Crippen molar-refractivity contribution in [2.75, 3.05) is 0 Å². The number of rotatable bonds is 7. The molecule has 2 heteroatoms. The topological polar surface area (TPSA) is 48.6 Å². The van der Waals surface area contributed by atoms with E-state index in [9.17, 15) is 4.79 Å². The van der Waals surface area contributed by atoms with Crippen LogP contribution in [0.25, 0.3) is 5.57 Å². The first-order valence-electron chi connectivity index (χ1n) is 10.6. The molecule has 0 aromatic heterocycles. The Bertz CT molecular complexity index is 727. The lowest BCUT2D eigenvalue weighted by Crippen LogP contribution is -2.15. The summed E-state index contributed by atoms with van der Waals surface area (Å²) in [6, 6.07) is 18.8. The monoisotopic (exact) mass is 380 g/mol. The fourth-order valence-corrected chi connectivity index (χ4v) is 4.05. The molecule has 2 N–H and O–H groups in total. The van der Waals surface area contributed by atoms with Gasteiger partial charge in [0.05, 0.1) is 0 Å². The third-order valence-corrected chi connectivity index (χ3v) is 5.60. The average molecular weight is 381 g/mol. The molecule has 1 aliphatic carbocycles. The molecule has 2 nitrogen and oxygen atoms in total. The Hall–Kier alpha value is -2.19. The third kappa shape index (κ3) is 5.90. The first-order valence-corrected chi connectivity index (χ1v) is 10.6. The van der Waals surface area contributed by atoms with Crippen molar-refractivity contribution in [3.05, 3.63) is 77.9 Å². The largest absolute Gasteiger partial charge is 0.412 e. The van der Waals surface area contributed by atoms with E-state index in [0.29, 0.717) is 18.1 Å². The van der Waals surface area contributed by atoms with E-state index >= 15 is 0 Å². The van der Waals surface area contributed by atoms with E-state index in [4.69, 9.17) is 0 Å². The molecule has 28 heavy (non-hydrogen) atoms. The van der Waals surface area contributed by atoms with E-state index < -0.39 is 0 Å². The van der Waals surface area contributed by atoms with Crippen molar-refractivity contribution in [3.63, 3.8) is 0 Å². The molecule has 0 heterocycles. The van der Waals surface area contributed by atoms with E-state index in [1.165, 1.54) is 24.0 Å². The van der Waals surface area contributed by atoms with Gasteiger partial charge in [0, 0.05) is 12.3 Å². The summed E-state index contributed by atoms with van der Waals surface area (Å²) in [4.78, 5) is 12.7. The van der Waals surface area contributed by atoms with E-state index in [1.807, 2.05) is 32.0 Å². The van der Waals surface area contributed by atoms with Gasteiger partial charge < -0.3 is 5.48 Å². The molecule has 0 spiro atoms. The van der Waals surface area contributed by atoms with Crippen LogP contribution in [0.15, 0.2) is 61.2 Å². The molecule has 0 radical (unpaired) electrons. The number of ketones is 1. The molecule has 2 aromatic rings. The average Bonchev–Trinajstić information content (AvgIpc) is 3.28. The van der Waals surface area contributed by atoms with Gasteiger partial charge in [-0.3, -0.25) is 4.79 Å². The highest BCUT2D eigenvalue weighted by Gasteiger charge is 2.26. The van der Waals surface area contributed by atoms with Crippen LogP contribution in [0.2, 0.25) is 0 Å². The Balaban J connectivity index is 0.00000127. The Labute approximate surface area is 171 Å². The zero-order valence-electron chi connectivity index (χ0n) is 17.7. The van der Waals surface area contributed by atoms with Gasteiger partial charge >= 0.3 is 0 Å². The van der Waals surface area contributed by atoms with Gasteiger partial charge in [-0.25, -0.2) is 0 Å². The number of carbonyl (C=O) groups is 1. The van der Waals surface area contributed by atoms with Crippen LogP contribution in [0.4, 0.5) is 0 Å². The number of benzene rings is 2. The van der Waals surface area contributed by atoms with Crippen molar-refractivity contribution in [2.45, 2.75) is 65.2 Å². The number of carbonyl (C=O) groups excluding carboxylic acids is 1. The molecule has 1 atom stereocenters. The summed E-state index contributed by atoms with van der Waals surface area (Å²) < 4.78 is 0. The van der Waals surface area contributed by atoms with Gasteiger partial charge in [0.2, 0.25) is 0 Å². The highest BCUT2D eigenvalue weighted by molar-refractivity contribution is 5.83.